The minimum Gasteiger partial charge on any atom is -0.370 e. The number of hydrogen-bond acceptors (Lipinski definition) is 11. The minimum atomic E-state index is -1.39. The average Bonchev–Trinajstić information content (AvgIpc) is 3.77. The first-order chi connectivity index (χ1) is 35.2. The number of benzene rings is 2. The van der Waals surface area contributed by atoms with E-state index in [1.807, 2.05) is 61.5 Å². The zero-order valence-electron chi connectivity index (χ0n) is 43.6. The van der Waals surface area contributed by atoms with Crippen molar-refractivity contribution in [2.45, 2.75) is 154 Å². The highest BCUT2D eigenvalue weighted by molar-refractivity contribution is 5.98. The van der Waals surface area contributed by atoms with Gasteiger partial charge >= 0.3 is 0 Å². The summed E-state index contributed by atoms with van der Waals surface area (Å²) in [6.45, 7) is 10.2. The second-order valence-corrected chi connectivity index (χ2v) is 18.8. The van der Waals surface area contributed by atoms with E-state index in [1.165, 1.54) is 13.8 Å². The number of aliphatic imine (C=N–C) groups is 1. The van der Waals surface area contributed by atoms with E-state index in [0.29, 0.717) is 32.2 Å². The highest BCUT2D eigenvalue weighted by Crippen LogP contribution is 2.20. The Kier molecular flexibility index (Phi) is 25.8. The Bertz CT molecular complexity index is 2390. The molecular weight excluding hydrogens is 951 g/mol. The molecule has 2 aromatic carbocycles. The third kappa shape index (κ3) is 20.3. The number of primary amides is 1. The number of carbonyl (C=O) groups is 9. The van der Waals surface area contributed by atoms with Crippen LogP contribution in [-0.4, -0.2) is 119 Å². The Morgan fingerprint density at radius 3 is 1.62 bits per heavy atom. The van der Waals surface area contributed by atoms with Crippen LogP contribution in [0.3, 0.4) is 0 Å². The van der Waals surface area contributed by atoms with Crippen molar-refractivity contribution in [2.75, 3.05) is 13.1 Å². The minimum absolute atomic E-state index is 0.0306. The second kappa shape index (κ2) is 31.3. The maximum atomic E-state index is 14.6. The average molecular weight is 1030 g/mol. The van der Waals surface area contributed by atoms with Gasteiger partial charge in [0, 0.05) is 43.4 Å². The SMILES string of the molecule is CCC(C)[C@H](NC(=O)[C@@H](CCC(N)=O)NC(=O)[C@H](CCCN=C(N)N)NC(C)=O)C(=O)N[C@H](CCCCN)C(=O)N[C@H](C(=O)N[C@H](Cc1c[nH]c2ccccc12)C(=O)N[C@@H](Cc1ccccc1)C(C)=O)C(C)CC. The van der Waals surface area contributed by atoms with Gasteiger partial charge in [-0.25, -0.2) is 0 Å². The van der Waals surface area contributed by atoms with Gasteiger partial charge in [0.15, 0.2) is 11.7 Å². The molecule has 22 nitrogen and oxygen atoms in total. The van der Waals surface area contributed by atoms with Crippen molar-refractivity contribution in [3.63, 3.8) is 0 Å². The molecule has 1 aromatic heterocycles. The molecule has 8 amide bonds. The number of hydrogen-bond donors (Lipinski definition) is 12. The molecule has 0 aliphatic carbocycles. The molecule has 0 saturated heterocycles. The van der Waals surface area contributed by atoms with E-state index in [0.717, 1.165) is 22.0 Å². The van der Waals surface area contributed by atoms with Crippen molar-refractivity contribution in [3.8, 4) is 0 Å². The molecule has 0 aliphatic heterocycles. The van der Waals surface area contributed by atoms with E-state index < -0.39 is 101 Å². The van der Waals surface area contributed by atoms with Crippen molar-refractivity contribution in [1.29, 1.82) is 0 Å². The number of nitrogens with two attached hydrogens (primary N) is 4. The number of nitrogens with one attached hydrogen (secondary N) is 8. The van der Waals surface area contributed by atoms with Crippen LogP contribution in [0.1, 0.15) is 110 Å². The van der Waals surface area contributed by atoms with E-state index in [-0.39, 0.29) is 63.2 Å². The quantitative estimate of drug-likeness (QED) is 0.0226. The van der Waals surface area contributed by atoms with Crippen molar-refractivity contribution in [1.82, 2.24) is 42.2 Å². The number of ketones is 1. The van der Waals surface area contributed by atoms with Gasteiger partial charge in [0.1, 0.15) is 36.3 Å². The lowest BCUT2D eigenvalue weighted by atomic mass is 9.95. The van der Waals surface area contributed by atoms with Crippen LogP contribution in [0.25, 0.3) is 10.9 Å². The third-order valence-corrected chi connectivity index (χ3v) is 12.9. The number of rotatable bonds is 33. The number of unbranched alkanes of at least 4 members (excludes halogenated alkanes) is 1. The molecule has 3 aromatic rings. The highest BCUT2D eigenvalue weighted by atomic mass is 16.2. The number of Topliss-reactive ketones (excluding diaryl/α,β-unsaturated/α-hetero) is 1. The van der Waals surface area contributed by atoms with E-state index >= 15 is 0 Å². The molecule has 74 heavy (non-hydrogen) atoms. The molecular formula is C52H79N13O9. The predicted octanol–water partition coefficient (Wildman–Crippen LogP) is 0.496. The summed E-state index contributed by atoms with van der Waals surface area (Å²) in [5.74, 6) is -7.04. The molecule has 0 bridgehead atoms. The summed E-state index contributed by atoms with van der Waals surface area (Å²) >= 11 is 0. The van der Waals surface area contributed by atoms with Gasteiger partial charge in [-0.2, -0.15) is 0 Å². The predicted molar refractivity (Wildman–Crippen MR) is 282 cm³/mol. The molecule has 0 spiro atoms. The molecule has 9 atom stereocenters. The van der Waals surface area contributed by atoms with Crippen LogP contribution in [-0.2, 0) is 56.0 Å². The maximum absolute atomic E-state index is 14.6. The lowest BCUT2D eigenvalue weighted by Gasteiger charge is -2.31. The molecule has 3 rings (SSSR count). The number of para-hydroxylation sites is 1. The van der Waals surface area contributed by atoms with Gasteiger partial charge < -0.3 is 65.1 Å². The van der Waals surface area contributed by atoms with Gasteiger partial charge in [-0.05, 0) is 87.4 Å². The fourth-order valence-electron chi connectivity index (χ4n) is 8.19. The zero-order chi connectivity index (χ0) is 54.9. The van der Waals surface area contributed by atoms with E-state index in [2.05, 4.69) is 47.2 Å². The summed E-state index contributed by atoms with van der Waals surface area (Å²) in [4.78, 5) is 129. The van der Waals surface area contributed by atoms with E-state index in [9.17, 15) is 43.2 Å². The van der Waals surface area contributed by atoms with Crippen LogP contribution in [0, 0.1) is 11.8 Å². The Hall–Kier alpha value is -7.36. The van der Waals surface area contributed by atoms with Crippen molar-refractivity contribution < 1.29 is 43.2 Å². The number of aromatic amines is 1. The monoisotopic (exact) mass is 1030 g/mol. The summed E-state index contributed by atoms with van der Waals surface area (Å²) in [5.41, 5.74) is 24.4. The van der Waals surface area contributed by atoms with Gasteiger partial charge in [-0.3, -0.25) is 48.1 Å². The lowest BCUT2D eigenvalue weighted by molar-refractivity contribution is -0.137. The van der Waals surface area contributed by atoms with Gasteiger partial charge in [-0.1, -0.05) is 89.1 Å². The Morgan fingerprint density at radius 2 is 1.07 bits per heavy atom. The highest BCUT2D eigenvalue weighted by Gasteiger charge is 2.36. The molecule has 1 heterocycles. The van der Waals surface area contributed by atoms with Crippen LogP contribution in [0.15, 0.2) is 65.8 Å². The Morgan fingerprint density at radius 1 is 0.568 bits per heavy atom. The number of carbonyl (C=O) groups excluding carboxylic acids is 9. The molecule has 22 heteroatoms. The van der Waals surface area contributed by atoms with Gasteiger partial charge in [0.05, 0.1) is 6.04 Å². The maximum Gasteiger partial charge on any atom is 0.243 e. The van der Waals surface area contributed by atoms with Gasteiger partial charge in [0.25, 0.3) is 0 Å². The summed E-state index contributed by atoms with van der Waals surface area (Å²) < 4.78 is 0. The number of H-pyrrole nitrogens is 1. The molecule has 0 fully saturated rings. The second-order valence-electron chi connectivity index (χ2n) is 18.8. The summed E-state index contributed by atoms with van der Waals surface area (Å²) in [5, 5.41) is 20.0. The van der Waals surface area contributed by atoms with Gasteiger partial charge in [0.2, 0.25) is 47.3 Å². The number of amides is 8. The fourth-order valence-corrected chi connectivity index (χ4v) is 8.19. The number of guanidine groups is 1. The van der Waals surface area contributed by atoms with E-state index in [4.69, 9.17) is 22.9 Å². The first-order valence-corrected chi connectivity index (χ1v) is 25.4. The number of aromatic nitrogens is 1. The van der Waals surface area contributed by atoms with Crippen LogP contribution in [0.2, 0.25) is 0 Å². The van der Waals surface area contributed by atoms with Crippen molar-refractivity contribution in [2.24, 2.45) is 39.8 Å². The van der Waals surface area contributed by atoms with Crippen LogP contribution < -0.4 is 60.2 Å². The summed E-state index contributed by atoms with van der Waals surface area (Å²) in [7, 11) is 0. The molecule has 16 N–H and O–H groups in total. The van der Waals surface area contributed by atoms with Crippen molar-refractivity contribution in [3.05, 3.63) is 71.9 Å². The van der Waals surface area contributed by atoms with Crippen LogP contribution in [0.4, 0.5) is 0 Å². The lowest BCUT2D eigenvalue weighted by Crippen LogP contribution is -2.61. The largest absolute Gasteiger partial charge is 0.370 e. The third-order valence-electron chi connectivity index (χ3n) is 12.9. The zero-order valence-corrected chi connectivity index (χ0v) is 43.6. The normalized spacial score (nSPS) is 14.7. The van der Waals surface area contributed by atoms with Gasteiger partial charge in [-0.15, -0.1) is 0 Å². The Balaban J connectivity index is 1.92. The molecule has 0 aliphatic rings. The molecule has 0 saturated carbocycles. The Labute approximate surface area is 433 Å². The molecule has 0 radical (unpaired) electrons. The molecule has 406 valence electrons. The topological polar surface area (TPSA) is 370 Å². The number of nitrogens with zero attached hydrogens (tertiary/aromatic N) is 1. The molecule has 2 unspecified atom stereocenters. The summed E-state index contributed by atoms with van der Waals surface area (Å²) in [6.07, 6.45) is 3.60. The summed E-state index contributed by atoms with van der Waals surface area (Å²) in [6, 6.07) is 8.37. The first kappa shape index (κ1) is 60.9. The fraction of sp³-hybridized carbons (Fsp3) is 0.538. The standard InChI is InChI=1S/C52H79N13O9/c1-7-30(3)44(65-48(71)40(23-24-43(54)68)60-46(69)38(59-33(6)67)22-16-26-57-52(55)56)50(73)61-39(21-14-15-25-53)47(70)64-45(31(4)8-2)51(74)63-42(28-35-29-58-37-20-13-12-19-36(35)37)49(72)62-41(32(5)66)27-34-17-10-9-11-18-34/h9-13,17-20,29-31,38-42,44-45,58H,7-8,14-16,21-28,53H2,1-6H3,(H2,54,68)(H,59,67)(H,60,69)(H,61,73)(H,62,72)(H,63,74)(H,64,70)(H,65,71)(H4,55,56,57)/t30?,31?,38-,39+,40+,41-,42+,44-,45-/m0/s1. The number of fused-ring (bicyclic) bond motifs is 1. The first-order valence-electron chi connectivity index (χ1n) is 25.4. The van der Waals surface area contributed by atoms with Crippen LogP contribution >= 0.6 is 0 Å². The van der Waals surface area contributed by atoms with E-state index in [1.54, 1.807) is 27.0 Å². The smallest absolute Gasteiger partial charge is 0.243 e. The van der Waals surface area contributed by atoms with Crippen LogP contribution in [0.5, 0.6) is 0 Å². The van der Waals surface area contributed by atoms with Crippen molar-refractivity contribution >= 4 is 69.9 Å².